The first-order valence-electron chi connectivity index (χ1n) is 9.16. The minimum Gasteiger partial charge on any atom is -0.491 e. The molecular weight excluding hydrogens is 344 g/mol. The maximum Gasteiger partial charge on any atom is 0.338 e. The van der Waals surface area contributed by atoms with Crippen molar-refractivity contribution in [2.45, 2.75) is 33.1 Å². The summed E-state index contributed by atoms with van der Waals surface area (Å²) in [5.74, 6) is -0.160. The van der Waals surface area contributed by atoms with Crippen LogP contribution in [0.15, 0.2) is 42.5 Å². The third-order valence-corrected chi connectivity index (χ3v) is 3.82. The zero-order valence-electron chi connectivity index (χ0n) is 15.8. The number of benzene rings is 2. The third-order valence-electron chi connectivity index (χ3n) is 3.82. The van der Waals surface area contributed by atoms with Crippen molar-refractivity contribution in [1.82, 2.24) is 0 Å². The lowest BCUT2D eigenvalue weighted by Gasteiger charge is -2.11. The highest BCUT2D eigenvalue weighted by atomic mass is 16.5. The summed E-state index contributed by atoms with van der Waals surface area (Å²) in [6, 6.07) is 11.6. The predicted octanol–water partition coefficient (Wildman–Crippen LogP) is 4.27. The Morgan fingerprint density at radius 3 is 2.52 bits per heavy atom. The van der Waals surface area contributed by atoms with E-state index in [9.17, 15) is 9.59 Å². The van der Waals surface area contributed by atoms with Crippen molar-refractivity contribution in [3.05, 3.63) is 53.6 Å². The Labute approximate surface area is 159 Å². The molecule has 3 N–H and O–H groups in total. The lowest BCUT2D eigenvalue weighted by atomic mass is 10.1. The quantitative estimate of drug-likeness (QED) is 0.391. The van der Waals surface area contributed by atoms with E-state index in [1.807, 2.05) is 13.8 Å². The number of unbranched alkanes of at least 4 members (excludes halogenated alkanes) is 1. The van der Waals surface area contributed by atoms with E-state index in [0.29, 0.717) is 41.5 Å². The summed E-state index contributed by atoms with van der Waals surface area (Å²) in [4.78, 5) is 24.5. The minimum absolute atomic E-state index is 0.319. The second kappa shape index (κ2) is 10.2. The van der Waals surface area contributed by atoms with Crippen LogP contribution in [0.25, 0.3) is 0 Å². The molecule has 6 nitrogen and oxygen atoms in total. The Kier molecular flexibility index (Phi) is 7.67. The molecule has 2 rings (SSSR count). The van der Waals surface area contributed by atoms with Gasteiger partial charge in [-0.15, -0.1) is 0 Å². The van der Waals surface area contributed by atoms with E-state index in [4.69, 9.17) is 15.2 Å². The fraction of sp³-hybridized carbons (Fsp3) is 0.333. The highest BCUT2D eigenvalue weighted by Gasteiger charge is 2.12. The van der Waals surface area contributed by atoms with Crippen LogP contribution in [0.4, 0.5) is 11.4 Å². The molecule has 0 bridgehead atoms. The number of esters is 1. The van der Waals surface area contributed by atoms with Crippen molar-refractivity contribution in [3.63, 3.8) is 0 Å². The fourth-order valence-corrected chi connectivity index (χ4v) is 2.35. The van der Waals surface area contributed by atoms with Crippen LogP contribution < -0.4 is 15.8 Å². The molecule has 6 heteroatoms. The summed E-state index contributed by atoms with van der Waals surface area (Å²) in [6.45, 7) is 4.99. The fourth-order valence-electron chi connectivity index (χ4n) is 2.35. The molecule has 1 amide bonds. The lowest BCUT2D eigenvalue weighted by Crippen LogP contribution is -2.13. The molecule has 0 aliphatic carbocycles. The summed E-state index contributed by atoms with van der Waals surface area (Å²) in [6.07, 6.45) is 2.65. The standard InChI is InChI=1S/C21H26N2O4/c1-3-5-12-27-21(25)16-7-6-8-17(13-16)23-20(24)15-9-10-19(18(22)14-15)26-11-4-2/h6-10,13-14H,3-5,11-12,22H2,1-2H3,(H,23,24). The Morgan fingerprint density at radius 2 is 1.81 bits per heavy atom. The molecule has 0 heterocycles. The number of nitrogens with one attached hydrogen (secondary N) is 1. The average Bonchev–Trinajstić information content (AvgIpc) is 2.67. The molecule has 2 aromatic carbocycles. The van der Waals surface area contributed by atoms with E-state index in [2.05, 4.69) is 5.32 Å². The van der Waals surface area contributed by atoms with Gasteiger partial charge in [0.1, 0.15) is 5.75 Å². The van der Waals surface area contributed by atoms with E-state index in [1.54, 1.807) is 42.5 Å². The van der Waals surface area contributed by atoms with Crippen LogP contribution in [0.2, 0.25) is 0 Å². The van der Waals surface area contributed by atoms with Crippen LogP contribution in [0, 0.1) is 0 Å². The third kappa shape index (κ3) is 6.02. The highest BCUT2D eigenvalue weighted by molar-refractivity contribution is 6.05. The smallest absolute Gasteiger partial charge is 0.338 e. The molecule has 0 unspecified atom stereocenters. The number of ether oxygens (including phenoxy) is 2. The van der Waals surface area contributed by atoms with Crippen LogP contribution in [-0.4, -0.2) is 25.1 Å². The van der Waals surface area contributed by atoms with Crippen LogP contribution >= 0.6 is 0 Å². The predicted molar refractivity (Wildman–Crippen MR) is 106 cm³/mol. The van der Waals surface area contributed by atoms with Crippen molar-refractivity contribution < 1.29 is 19.1 Å². The molecule has 0 aliphatic heterocycles. The van der Waals surface area contributed by atoms with Crippen molar-refractivity contribution in [2.24, 2.45) is 0 Å². The average molecular weight is 370 g/mol. The summed E-state index contributed by atoms with van der Waals surface area (Å²) < 4.78 is 10.7. The molecule has 27 heavy (non-hydrogen) atoms. The van der Waals surface area contributed by atoms with Gasteiger partial charge in [0.15, 0.2) is 0 Å². The molecule has 0 aromatic heterocycles. The first-order valence-corrected chi connectivity index (χ1v) is 9.16. The summed E-state index contributed by atoms with van der Waals surface area (Å²) in [7, 11) is 0. The number of carbonyl (C=O) groups excluding carboxylic acids is 2. The van der Waals surface area contributed by atoms with Gasteiger partial charge in [0.2, 0.25) is 0 Å². The van der Waals surface area contributed by atoms with Gasteiger partial charge in [-0.05, 0) is 49.2 Å². The molecule has 0 saturated heterocycles. The Bertz CT molecular complexity index is 790. The van der Waals surface area contributed by atoms with Crippen LogP contribution in [0.3, 0.4) is 0 Å². The molecule has 0 aliphatic rings. The van der Waals surface area contributed by atoms with E-state index in [1.165, 1.54) is 0 Å². The lowest BCUT2D eigenvalue weighted by molar-refractivity contribution is 0.0499. The molecule has 0 fully saturated rings. The molecule has 0 spiro atoms. The van der Waals surface area contributed by atoms with Gasteiger partial charge in [-0.1, -0.05) is 26.3 Å². The van der Waals surface area contributed by atoms with Gasteiger partial charge in [-0.2, -0.15) is 0 Å². The number of amides is 1. The van der Waals surface area contributed by atoms with Gasteiger partial charge < -0.3 is 20.5 Å². The van der Waals surface area contributed by atoms with Crippen LogP contribution in [-0.2, 0) is 4.74 Å². The zero-order chi connectivity index (χ0) is 19.6. The topological polar surface area (TPSA) is 90.6 Å². The molecule has 2 aromatic rings. The first-order chi connectivity index (χ1) is 13.0. The summed E-state index contributed by atoms with van der Waals surface area (Å²) in [5, 5.41) is 2.77. The van der Waals surface area contributed by atoms with Gasteiger partial charge in [-0.3, -0.25) is 4.79 Å². The molecule has 144 valence electrons. The number of hydrogen-bond acceptors (Lipinski definition) is 5. The maximum atomic E-state index is 12.5. The van der Waals surface area contributed by atoms with Gasteiger partial charge in [0.05, 0.1) is 24.5 Å². The van der Waals surface area contributed by atoms with Gasteiger partial charge in [-0.25, -0.2) is 4.79 Å². The second-order valence-electron chi connectivity index (χ2n) is 6.13. The Hall–Kier alpha value is -3.02. The van der Waals surface area contributed by atoms with Crippen molar-refractivity contribution in [3.8, 4) is 5.75 Å². The number of nitrogen functional groups attached to an aromatic ring is 1. The van der Waals surface area contributed by atoms with Crippen molar-refractivity contribution in [2.75, 3.05) is 24.3 Å². The zero-order valence-corrected chi connectivity index (χ0v) is 15.8. The van der Waals surface area contributed by atoms with E-state index in [-0.39, 0.29) is 5.91 Å². The number of nitrogens with two attached hydrogens (primary N) is 1. The number of anilines is 2. The maximum absolute atomic E-state index is 12.5. The second-order valence-corrected chi connectivity index (χ2v) is 6.13. The normalized spacial score (nSPS) is 10.3. The molecule has 0 radical (unpaired) electrons. The van der Waals surface area contributed by atoms with Crippen LogP contribution in [0.5, 0.6) is 5.75 Å². The minimum atomic E-state index is -0.402. The number of rotatable bonds is 9. The summed E-state index contributed by atoms with van der Waals surface area (Å²) in [5.41, 5.74) is 7.67. The van der Waals surface area contributed by atoms with Gasteiger partial charge in [0.25, 0.3) is 5.91 Å². The van der Waals surface area contributed by atoms with Crippen LogP contribution in [0.1, 0.15) is 53.8 Å². The number of carbonyl (C=O) groups is 2. The van der Waals surface area contributed by atoms with E-state index in [0.717, 1.165) is 19.3 Å². The van der Waals surface area contributed by atoms with E-state index < -0.39 is 5.97 Å². The molecule has 0 saturated carbocycles. The van der Waals surface area contributed by atoms with Crippen molar-refractivity contribution >= 4 is 23.3 Å². The molecule has 0 atom stereocenters. The van der Waals surface area contributed by atoms with Crippen molar-refractivity contribution in [1.29, 1.82) is 0 Å². The van der Waals surface area contributed by atoms with E-state index >= 15 is 0 Å². The number of hydrogen-bond donors (Lipinski definition) is 2. The van der Waals surface area contributed by atoms with Gasteiger partial charge >= 0.3 is 5.97 Å². The first kappa shape index (κ1) is 20.3. The largest absolute Gasteiger partial charge is 0.491 e. The highest BCUT2D eigenvalue weighted by Crippen LogP contribution is 2.23. The monoisotopic (exact) mass is 370 g/mol. The van der Waals surface area contributed by atoms with Gasteiger partial charge in [0, 0.05) is 11.3 Å². The Balaban J connectivity index is 2.04. The molecular formula is C21H26N2O4. The Morgan fingerprint density at radius 1 is 1.00 bits per heavy atom. The summed E-state index contributed by atoms with van der Waals surface area (Å²) >= 11 is 0. The SMILES string of the molecule is CCCCOC(=O)c1cccc(NC(=O)c2ccc(OCCC)c(N)c2)c1.